The Morgan fingerprint density at radius 3 is 2.50 bits per heavy atom. The van der Waals surface area contributed by atoms with E-state index >= 15 is 0 Å². The number of hydrogen-bond acceptors (Lipinski definition) is 5. The number of rotatable bonds is 5. The van der Waals surface area contributed by atoms with Crippen LogP contribution in [0.2, 0.25) is 0 Å². The Bertz CT molecular complexity index is 362. The number of methoxy groups -OCH3 is 1. The molecule has 1 rings (SSSR count). The summed E-state index contributed by atoms with van der Waals surface area (Å²) < 4.78 is 4.93. The fourth-order valence-electron chi connectivity index (χ4n) is 0.900. The molecule has 0 aliphatic rings. The molecule has 0 atom stereocenters. The average molecular weight is 224 g/mol. The van der Waals surface area contributed by atoms with Crippen molar-refractivity contribution >= 4 is 11.9 Å². The number of amides is 1. The first-order chi connectivity index (χ1) is 7.45. The Balaban J connectivity index is 2.58. The first-order valence-electron chi connectivity index (χ1n) is 4.85. The topological polar surface area (TPSA) is 90.1 Å². The minimum Gasteiger partial charge on any atom is -0.494 e. The van der Waals surface area contributed by atoms with Crippen LogP contribution in [0.4, 0.5) is 5.95 Å². The van der Waals surface area contributed by atoms with Crippen molar-refractivity contribution in [2.75, 3.05) is 19.0 Å². The number of hydrogen-bond donors (Lipinski definition) is 2. The zero-order valence-corrected chi connectivity index (χ0v) is 9.65. The van der Waals surface area contributed by atoms with Crippen LogP contribution in [-0.4, -0.2) is 29.5 Å². The lowest BCUT2D eigenvalue weighted by molar-refractivity contribution is -0.125. The molecule has 0 saturated heterocycles. The number of nitrogens with zero attached hydrogens (tertiary/aromatic N) is 2. The lowest BCUT2D eigenvalue weighted by atomic mass is 9.93. The summed E-state index contributed by atoms with van der Waals surface area (Å²) in [6.45, 7) is 3.90. The lowest BCUT2D eigenvalue weighted by Crippen LogP contribution is -2.37. The van der Waals surface area contributed by atoms with Gasteiger partial charge in [-0.15, -0.1) is 0 Å². The maximum absolute atomic E-state index is 11.1. The highest BCUT2D eigenvalue weighted by atomic mass is 16.5. The molecule has 0 aliphatic carbocycles. The van der Waals surface area contributed by atoms with Gasteiger partial charge in [0.1, 0.15) is 0 Å². The second-order valence-electron chi connectivity index (χ2n) is 4.05. The van der Waals surface area contributed by atoms with Crippen LogP contribution >= 0.6 is 0 Å². The van der Waals surface area contributed by atoms with Crippen molar-refractivity contribution in [1.29, 1.82) is 0 Å². The Morgan fingerprint density at radius 2 is 2.06 bits per heavy atom. The third-order valence-corrected chi connectivity index (χ3v) is 2.22. The van der Waals surface area contributed by atoms with Gasteiger partial charge >= 0.3 is 0 Å². The normalized spacial score (nSPS) is 10.9. The summed E-state index contributed by atoms with van der Waals surface area (Å²) in [7, 11) is 1.54. The second-order valence-corrected chi connectivity index (χ2v) is 4.05. The fraction of sp³-hybridized carbons (Fsp3) is 0.500. The van der Waals surface area contributed by atoms with Gasteiger partial charge in [-0.3, -0.25) is 4.79 Å². The minimum absolute atomic E-state index is 0.367. The maximum Gasteiger partial charge on any atom is 0.224 e. The molecule has 1 heterocycles. The van der Waals surface area contributed by atoms with Gasteiger partial charge in [-0.05, 0) is 13.8 Å². The molecule has 0 fully saturated rings. The van der Waals surface area contributed by atoms with Crippen LogP contribution in [-0.2, 0) is 4.79 Å². The molecule has 6 heteroatoms. The quantitative estimate of drug-likeness (QED) is 0.756. The van der Waals surface area contributed by atoms with Crippen LogP contribution in [0.1, 0.15) is 13.8 Å². The summed E-state index contributed by atoms with van der Waals surface area (Å²) in [5.41, 5.74) is 4.60. The molecule has 1 aromatic rings. The van der Waals surface area contributed by atoms with Gasteiger partial charge in [0.2, 0.25) is 11.9 Å². The van der Waals surface area contributed by atoms with Crippen molar-refractivity contribution in [3.8, 4) is 5.75 Å². The predicted octanol–water partition coefficient (Wildman–Crippen LogP) is 0.409. The monoisotopic (exact) mass is 224 g/mol. The first kappa shape index (κ1) is 12.2. The molecule has 3 N–H and O–H groups in total. The van der Waals surface area contributed by atoms with E-state index in [4.69, 9.17) is 10.5 Å². The number of carbonyl (C=O) groups is 1. The van der Waals surface area contributed by atoms with Crippen molar-refractivity contribution < 1.29 is 9.53 Å². The lowest BCUT2D eigenvalue weighted by Gasteiger charge is -2.20. The number of nitrogens with two attached hydrogens (primary N) is 1. The number of carbonyl (C=O) groups excluding carboxylic acids is 1. The zero-order chi connectivity index (χ0) is 12.2. The highest BCUT2D eigenvalue weighted by molar-refractivity contribution is 5.80. The van der Waals surface area contributed by atoms with E-state index in [-0.39, 0.29) is 5.91 Å². The summed E-state index contributed by atoms with van der Waals surface area (Å²) in [6.07, 6.45) is 3.10. The van der Waals surface area contributed by atoms with Crippen LogP contribution in [0.3, 0.4) is 0 Å². The number of anilines is 1. The van der Waals surface area contributed by atoms with Crippen molar-refractivity contribution in [2.24, 2.45) is 11.1 Å². The molecule has 0 saturated carbocycles. The summed E-state index contributed by atoms with van der Waals surface area (Å²) in [4.78, 5) is 19.1. The molecule has 0 bridgehead atoms. The number of nitrogens with one attached hydrogen (secondary N) is 1. The third kappa shape index (κ3) is 3.08. The van der Waals surface area contributed by atoms with Gasteiger partial charge in [0.15, 0.2) is 5.75 Å². The highest BCUT2D eigenvalue weighted by Crippen LogP contribution is 2.15. The van der Waals surface area contributed by atoms with E-state index in [1.54, 1.807) is 33.4 Å². The molecular formula is C10H16N4O2. The van der Waals surface area contributed by atoms with E-state index in [0.717, 1.165) is 0 Å². The summed E-state index contributed by atoms with van der Waals surface area (Å²) in [5.74, 6) is 0.656. The molecule has 0 unspecified atom stereocenters. The molecule has 6 nitrogen and oxygen atoms in total. The van der Waals surface area contributed by atoms with Gasteiger partial charge in [0.05, 0.1) is 24.9 Å². The van der Waals surface area contributed by atoms with Gasteiger partial charge in [-0.25, -0.2) is 9.97 Å². The van der Waals surface area contributed by atoms with Crippen LogP contribution in [0, 0.1) is 5.41 Å². The summed E-state index contributed by atoms with van der Waals surface area (Å²) in [6, 6.07) is 0. The van der Waals surface area contributed by atoms with E-state index in [1.165, 1.54) is 0 Å². The van der Waals surface area contributed by atoms with E-state index in [0.29, 0.717) is 18.2 Å². The maximum atomic E-state index is 11.1. The average Bonchev–Trinajstić information content (AvgIpc) is 2.27. The highest BCUT2D eigenvalue weighted by Gasteiger charge is 2.24. The first-order valence-corrected chi connectivity index (χ1v) is 4.85. The minimum atomic E-state index is -0.636. The Hall–Kier alpha value is -1.85. The van der Waals surface area contributed by atoms with Gasteiger partial charge in [-0.2, -0.15) is 0 Å². The largest absolute Gasteiger partial charge is 0.494 e. The van der Waals surface area contributed by atoms with Crippen LogP contribution < -0.4 is 15.8 Å². The SMILES string of the molecule is COc1cnc(NCC(C)(C)C(N)=O)nc1. The smallest absolute Gasteiger partial charge is 0.224 e. The van der Waals surface area contributed by atoms with Crippen molar-refractivity contribution in [3.05, 3.63) is 12.4 Å². The molecule has 88 valence electrons. The van der Waals surface area contributed by atoms with Crippen LogP contribution in [0.15, 0.2) is 12.4 Å². The Labute approximate surface area is 94.2 Å². The number of aromatic nitrogens is 2. The molecule has 0 aliphatic heterocycles. The molecule has 0 spiro atoms. The second kappa shape index (κ2) is 4.78. The molecule has 1 aromatic heterocycles. The Morgan fingerprint density at radius 1 is 1.50 bits per heavy atom. The van der Waals surface area contributed by atoms with Gasteiger partial charge in [0.25, 0.3) is 0 Å². The molecule has 0 radical (unpaired) electrons. The fourth-order valence-corrected chi connectivity index (χ4v) is 0.900. The van der Waals surface area contributed by atoms with Crippen LogP contribution in [0.5, 0.6) is 5.75 Å². The van der Waals surface area contributed by atoms with Crippen molar-refractivity contribution in [2.45, 2.75) is 13.8 Å². The third-order valence-electron chi connectivity index (χ3n) is 2.22. The van der Waals surface area contributed by atoms with E-state index < -0.39 is 5.41 Å². The standard InChI is InChI=1S/C10H16N4O2/c1-10(2,8(11)15)6-14-9-12-4-7(16-3)5-13-9/h4-5H,6H2,1-3H3,(H2,11,15)(H,12,13,14). The summed E-state index contributed by atoms with van der Waals surface area (Å²) >= 11 is 0. The molecule has 16 heavy (non-hydrogen) atoms. The van der Waals surface area contributed by atoms with Crippen molar-refractivity contribution in [3.63, 3.8) is 0 Å². The van der Waals surface area contributed by atoms with Gasteiger partial charge < -0.3 is 15.8 Å². The van der Waals surface area contributed by atoms with Crippen LogP contribution in [0.25, 0.3) is 0 Å². The molecule has 1 amide bonds. The van der Waals surface area contributed by atoms with Gasteiger partial charge in [0, 0.05) is 6.54 Å². The predicted molar refractivity (Wildman–Crippen MR) is 60.0 cm³/mol. The van der Waals surface area contributed by atoms with E-state index in [9.17, 15) is 4.79 Å². The Kier molecular flexibility index (Phi) is 3.65. The van der Waals surface area contributed by atoms with E-state index in [2.05, 4.69) is 15.3 Å². The molecule has 0 aromatic carbocycles. The summed E-state index contributed by atoms with van der Waals surface area (Å²) in [5, 5.41) is 2.94. The zero-order valence-electron chi connectivity index (χ0n) is 9.65. The van der Waals surface area contributed by atoms with Crippen molar-refractivity contribution in [1.82, 2.24) is 9.97 Å². The number of ether oxygens (including phenoxy) is 1. The van der Waals surface area contributed by atoms with Gasteiger partial charge in [-0.1, -0.05) is 0 Å². The molecular weight excluding hydrogens is 208 g/mol. The number of primary amides is 1. The van der Waals surface area contributed by atoms with E-state index in [1.807, 2.05) is 0 Å².